The molecule has 156 valence electrons. The lowest BCUT2D eigenvalue weighted by Crippen LogP contribution is -3.28. The van der Waals surface area contributed by atoms with Crippen LogP contribution in [0, 0.1) is 0 Å². The molecule has 2 aromatic heterocycles. The Hall–Kier alpha value is -2.56. The molecule has 0 radical (unpaired) electrons. The molecule has 0 atom stereocenters. The second kappa shape index (κ2) is 9.07. The van der Waals surface area contributed by atoms with E-state index in [0.29, 0.717) is 0 Å². The third kappa shape index (κ3) is 4.30. The number of aromatic nitrogens is 2. The monoisotopic (exact) mass is 402 g/mol. The topological polar surface area (TPSA) is 40.5 Å². The zero-order valence-corrected chi connectivity index (χ0v) is 17.8. The lowest BCUT2D eigenvalue weighted by molar-refractivity contribution is -1.01. The van der Waals surface area contributed by atoms with Crippen LogP contribution in [0.4, 0.5) is 0 Å². The highest BCUT2D eigenvalue weighted by Gasteiger charge is 2.22. The molecule has 1 fully saturated rings. The number of quaternary nitrogens is 2. The van der Waals surface area contributed by atoms with Gasteiger partial charge in [-0.2, -0.15) is 0 Å². The van der Waals surface area contributed by atoms with E-state index >= 15 is 0 Å². The number of benzene rings is 2. The van der Waals surface area contributed by atoms with E-state index in [0.717, 1.165) is 0 Å². The van der Waals surface area contributed by atoms with Crippen molar-refractivity contribution in [2.24, 2.45) is 0 Å². The number of hydrogen-bond donors (Lipinski definition) is 4. The van der Waals surface area contributed by atoms with Crippen LogP contribution >= 0.6 is 0 Å². The van der Waals surface area contributed by atoms with Gasteiger partial charge in [0, 0.05) is 47.0 Å². The van der Waals surface area contributed by atoms with E-state index in [1.807, 2.05) is 0 Å². The molecule has 0 spiro atoms. The molecule has 0 bridgehead atoms. The van der Waals surface area contributed by atoms with Crippen molar-refractivity contribution in [1.29, 1.82) is 0 Å². The van der Waals surface area contributed by atoms with E-state index < -0.39 is 0 Å². The van der Waals surface area contributed by atoms with Gasteiger partial charge in [-0.05, 0) is 36.1 Å². The molecule has 4 heteroatoms. The first-order valence-electron chi connectivity index (χ1n) is 11.6. The lowest BCUT2D eigenvalue weighted by Gasteiger charge is -2.29. The van der Waals surface area contributed by atoms with Gasteiger partial charge < -0.3 is 19.8 Å². The zero-order chi connectivity index (χ0) is 20.2. The average molecular weight is 403 g/mol. The molecule has 3 heterocycles. The number of H-pyrrole nitrogens is 2. The van der Waals surface area contributed by atoms with E-state index in [1.54, 1.807) is 9.80 Å². The number of rotatable bonds is 8. The molecule has 0 aliphatic carbocycles. The number of piperazine rings is 1. The van der Waals surface area contributed by atoms with Gasteiger partial charge >= 0.3 is 0 Å². The fourth-order valence-electron chi connectivity index (χ4n) is 5.19. The lowest BCUT2D eigenvalue weighted by atomic mass is 10.1. The van der Waals surface area contributed by atoms with Gasteiger partial charge in [0.1, 0.15) is 26.2 Å². The van der Waals surface area contributed by atoms with E-state index in [2.05, 4.69) is 70.9 Å². The quantitative estimate of drug-likeness (QED) is 0.348. The average Bonchev–Trinajstić information content (AvgIpc) is 3.40. The maximum atomic E-state index is 3.41. The van der Waals surface area contributed by atoms with Gasteiger partial charge in [0.05, 0.1) is 13.1 Å². The first-order chi connectivity index (χ1) is 14.9. The van der Waals surface area contributed by atoms with Crippen molar-refractivity contribution in [2.45, 2.75) is 25.7 Å². The van der Waals surface area contributed by atoms with Gasteiger partial charge in [-0.15, -0.1) is 0 Å². The van der Waals surface area contributed by atoms with Crippen LogP contribution in [-0.4, -0.2) is 49.2 Å². The summed E-state index contributed by atoms with van der Waals surface area (Å²) >= 11 is 0. The van der Waals surface area contributed by atoms with Crippen LogP contribution < -0.4 is 9.80 Å². The van der Waals surface area contributed by atoms with Gasteiger partial charge in [-0.1, -0.05) is 36.4 Å². The minimum Gasteiger partial charge on any atom is -0.361 e. The van der Waals surface area contributed by atoms with Crippen molar-refractivity contribution < 1.29 is 9.80 Å². The fourth-order valence-corrected chi connectivity index (χ4v) is 5.19. The van der Waals surface area contributed by atoms with Crippen LogP contribution in [0.25, 0.3) is 21.8 Å². The van der Waals surface area contributed by atoms with Crippen molar-refractivity contribution in [3.05, 3.63) is 72.1 Å². The first kappa shape index (κ1) is 19.4. The van der Waals surface area contributed by atoms with Crippen LogP contribution in [0.2, 0.25) is 0 Å². The summed E-state index contributed by atoms with van der Waals surface area (Å²) in [7, 11) is 0. The molecule has 30 heavy (non-hydrogen) atoms. The Morgan fingerprint density at radius 2 is 1.03 bits per heavy atom. The Kier molecular flexibility index (Phi) is 5.87. The third-order valence-electron chi connectivity index (χ3n) is 6.97. The second-order valence-corrected chi connectivity index (χ2v) is 8.93. The summed E-state index contributed by atoms with van der Waals surface area (Å²) in [6.07, 6.45) is 9.36. The number of aromatic amines is 2. The molecule has 0 unspecified atom stereocenters. The van der Waals surface area contributed by atoms with Crippen molar-refractivity contribution in [3.8, 4) is 0 Å². The zero-order valence-electron chi connectivity index (χ0n) is 17.8. The first-order valence-corrected chi connectivity index (χ1v) is 11.6. The predicted octanol–water partition coefficient (Wildman–Crippen LogP) is 2.00. The maximum absolute atomic E-state index is 3.41. The highest BCUT2D eigenvalue weighted by molar-refractivity contribution is 5.83. The third-order valence-corrected chi connectivity index (χ3v) is 6.97. The molecule has 0 amide bonds. The molecule has 2 aromatic carbocycles. The number of aryl methyl sites for hydroxylation is 2. The van der Waals surface area contributed by atoms with Crippen LogP contribution in [0.3, 0.4) is 0 Å². The van der Waals surface area contributed by atoms with Crippen LogP contribution in [-0.2, 0) is 12.8 Å². The van der Waals surface area contributed by atoms with Crippen molar-refractivity contribution in [3.63, 3.8) is 0 Å². The van der Waals surface area contributed by atoms with Gasteiger partial charge in [0.15, 0.2) is 0 Å². The van der Waals surface area contributed by atoms with Crippen molar-refractivity contribution >= 4 is 21.8 Å². The summed E-state index contributed by atoms with van der Waals surface area (Å²) in [5.41, 5.74) is 5.49. The second-order valence-electron chi connectivity index (χ2n) is 8.93. The Balaban J connectivity index is 1.02. The predicted molar refractivity (Wildman–Crippen MR) is 124 cm³/mol. The summed E-state index contributed by atoms with van der Waals surface area (Å²) in [6.45, 7) is 7.93. The molecule has 1 saturated heterocycles. The molecule has 1 aliphatic rings. The van der Waals surface area contributed by atoms with Crippen molar-refractivity contribution in [1.82, 2.24) is 9.97 Å². The molecule has 0 saturated carbocycles. The van der Waals surface area contributed by atoms with E-state index in [4.69, 9.17) is 0 Å². The number of hydrogen-bond acceptors (Lipinski definition) is 0. The molecule has 1 aliphatic heterocycles. The summed E-state index contributed by atoms with van der Waals surface area (Å²) in [5, 5.41) is 2.80. The Morgan fingerprint density at radius 3 is 1.50 bits per heavy atom. The Morgan fingerprint density at radius 1 is 0.600 bits per heavy atom. The van der Waals surface area contributed by atoms with E-state index in [1.165, 1.54) is 97.9 Å². The molecule has 5 rings (SSSR count). The van der Waals surface area contributed by atoms with Gasteiger partial charge in [0.2, 0.25) is 0 Å². The van der Waals surface area contributed by atoms with Crippen molar-refractivity contribution in [2.75, 3.05) is 39.3 Å². The molecule has 4 N–H and O–H groups in total. The van der Waals surface area contributed by atoms with E-state index in [-0.39, 0.29) is 0 Å². The molecular formula is C26H34N4+2. The van der Waals surface area contributed by atoms with Gasteiger partial charge in [0.25, 0.3) is 0 Å². The van der Waals surface area contributed by atoms with E-state index in [9.17, 15) is 0 Å². The maximum Gasteiger partial charge on any atom is 0.127 e. The largest absolute Gasteiger partial charge is 0.361 e. The number of para-hydroxylation sites is 2. The normalized spacial score (nSPS) is 19.6. The SMILES string of the molecule is c1ccc2c(CCC[NH+]3CC[NH+](CCCc4c[nH]c5ccccc45)CC3)c[nH]c2c1. The summed E-state index contributed by atoms with van der Waals surface area (Å²) < 4.78 is 0. The summed E-state index contributed by atoms with van der Waals surface area (Å²) in [4.78, 5) is 10.4. The van der Waals surface area contributed by atoms with Crippen LogP contribution in [0.5, 0.6) is 0 Å². The van der Waals surface area contributed by atoms with Gasteiger partial charge in [-0.25, -0.2) is 0 Å². The standard InChI is InChI=1S/C26H32N4/c1-3-11-25-23(9-1)21(19-27-25)7-5-13-29-15-17-30(18-16-29)14-6-8-22-20-28-26-12-4-2-10-24(22)26/h1-4,9-12,19-20,27-28H,5-8,13-18H2/p+2. The highest BCUT2D eigenvalue weighted by atomic mass is 15.3. The summed E-state index contributed by atoms with van der Waals surface area (Å²) in [5.74, 6) is 0. The Labute approximate surface area is 178 Å². The smallest absolute Gasteiger partial charge is 0.127 e. The molecular weight excluding hydrogens is 368 g/mol. The fraction of sp³-hybridized carbons (Fsp3) is 0.385. The minimum absolute atomic E-state index is 1.19. The number of fused-ring (bicyclic) bond motifs is 2. The van der Waals surface area contributed by atoms with Gasteiger partial charge in [-0.3, -0.25) is 0 Å². The Bertz CT molecular complexity index is 997. The number of nitrogens with one attached hydrogen (secondary N) is 4. The highest BCUT2D eigenvalue weighted by Crippen LogP contribution is 2.19. The molecule has 4 nitrogen and oxygen atoms in total. The molecule has 4 aromatic rings. The minimum atomic E-state index is 1.19. The van der Waals surface area contributed by atoms with Crippen LogP contribution in [0.15, 0.2) is 60.9 Å². The van der Waals surface area contributed by atoms with Crippen LogP contribution in [0.1, 0.15) is 24.0 Å². The summed E-state index contributed by atoms with van der Waals surface area (Å²) in [6, 6.07) is 17.3.